The second-order valence-electron chi connectivity index (χ2n) is 6.06. The van der Waals surface area contributed by atoms with Gasteiger partial charge in [0.05, 0.1) is 5.56 Å². The number of benzene rings is 1. The van der Waals surface area contributed by atoms with Crippen LogP contribution < -0.4 is 10.6 Å². The molecule has 0 bridgehead atoms. The molecule has 1 aliphatic rings. The molecule has 0 spiro atoms. The maximum atomic E-state index is 12.4. The summed E-state index contributed by atoms with van der Waals surface area (Å²) in [6, 6.07) is 7.92. The van der Waals surface area contributed by atoms with Crippen molar-refractivity contribution < 1.29 is 4.79 Å². The maximum absolute atomic E-state index is 12.4. The van der Waals surface area contributed by atoms with E-state index in [1.807, 2.05) is 31.3 Å². The lowest BCUT2D eigenvalue weighted by molar-refractivity contribution is 0.0854. The third kappa shape index (κ3) is 3.09. The molecule has 0 aromatic heterocycles. The van der Waals surface area contributed by atoms with Gasteiger partial charge < -0.3 is 10.6 Å². The van der Waals surface area contributed by atoms with Crippen molar-refractivity contribution in [1.82, 2.24) is 5.32 Å². The molecule has 3 nitrogen and oxygen atoms in total. The molecule has 1 aromatic carbocycles. The molecule has 3 heteroatoms. The highest BCUT2D eigenvalue weighted by Crippen LogP contribution is 2.35. The van der Waals surface area contributed by atoms with Gasteiger partial charge >= 0.3 is 0 Å². The van der Waals surface area contributed by atoms with Gasteiger partial charge in [-0.05, 0) is 30.4 Å². The first-order valence-electron chi connectivity index (χ1n) is 7.12. The average molecular weight is 260 g/mol. The van der Waals surface area contributed by atoms with Crippen molar-refractivity contribution in [3.05, 3.63) is 29.8 Å². The molecule has 2 N–H and O–H groups in total. The number of nitrogens with one attached hydrogen (secondary N) is 2. The van der Waals surface area contributed by atoms with E-state index >= 15 is 0 Å². The maximum Gasteiger partial charge on any atom is 0.253 e. The fourth-order valence-corrected chi connectivity index (χ4v) is 2.90. The van der Waals surface area contributed by atoms with Crippen LogP contribution in [0.25, 0.3) is 0 Å². The summed E-state index contributed by atoms with van der Waals surface area (Å²) >= 11 is 0. The third-order valence-electron chi connectivity index (χ3n) is 4.25. The largest absolute Gasteiger partial charge is 0.387 e. The molecular formula is C16H24N2O. The van der Waals surface area contributed by atoms with Crippen LogP contribution in [0.4, 0.5) is 5.69 Å². The van der Waals surface area contributed by atoms with Crippen LogP contribution in [0, 0.1) is 5.41 Å². The highest BCUT2D eigenvalue weighted by molar-refractivity contribution is 5.99. The summed E-state index contributed by atoms with van der Waals surface area (Å²) in [6.07, 6.45) is 4.75. The molecule has 0 heterocycles. The highest BCUT2D eigenvalue weighted by Gasteiger charge is 2.33. The van der Waals surface area contributed by atoms with Crippen molar-refractivity contribution in [3.63, 3.8) is 0 Å². The first kappa shape index (κ1) is 13.9. The van der Waals surface area contributed by atoms with E-state index in [2.05, 4.69) is 24.5 Å². The van der Waals surface area contributed by atoms with Crippen LogP contribution in [-0.4, -0.2) is 19.0 Å². The summed E-state index contributed by atoms with van der Waals surface area (Å²) in [7, 11) is 1.84. The molecule has 0 radical (unpaired) electrons. The number of anilines is 1. The van der Waals surface area contributed by atoms with E-state index < -0.39 is 0 Å². The summed E-state index contributed by atoms with van der Waals surface area (Å²) in [5.41, 5.74) is 1.81. The van der Waals surface area contributed by atoms with Crippen LogP contribution >= 0.6 is 0 Å². The lowest BCUT2D eigenvalue weighted by Crippen LogP contribution is -2.46. The predicted molar refractivity (Wildman–Crippen MR) is 79.5 cm³/mol. The predicted octanol–water partition coefficient (Wildman–Crippen LogP) is 3.43. The Morgan fingerprint density at radius 1 is 1.26 bits per heavy atom. The molecule has 2 rings (SSSR count). The van der Waals surface area contributed by atoms with Gasteiger partial charge in [-0.2, -0.15) is 0 Å². The zero-order valence-electron chi connectivity index (χ0n) is 12.1. The van der Waals surface area contributed by atoms with Crippen LogP contribution in [0.15, 0.2) is 24.3 Å². The normalized spacial score (nSPS) is 21.7. The Kier molecular flexibility index (Phi) is 4.13. The van der Waals surface area contributed by atoms with E-state index in [-0.39, 0.29) is 17.4 Å². The molecule has 19 heavy (non-hydrogen) atoms. The Morgan fingerprint density at radius 3 is 2.68 bits per heavy atom. The monoisotopic (exact) mass is 260 g/mol. The van der Waals surface area contributed by atoms with Gasteiger partial charge in [-0.1, -0.05) is 38.8 Å². The van der Waals surface area contributed by atoms with Crippen LogP contribution in [0.1, 0.15) is 49.9 Å². The van der Waals surface area contributed by atoms with Gasteiger partial charge in [0, 0.05) is 18.8 Å². The van der Waals surface area contributed by atoms with E-state index in [0.717, 1.165) is 17.7 Å². The van der Waals surface area contributed by atoms with Gasteiger partial charge in [-0.25, -0.2) is 0 Å². The summed E-state index contributed by atoms with van der Waals surface area (Å²) in [5.74, 6) is 0.0323. The summed E-state index contributed by atoms with van der Waals surface area (Å²) in [4.78, 5) is 12.4. The zero-order chi connectivity index (χ0) is 13.9. The van der Waals surface area contributed by atoms with E-state index in [4.69, 9.17) is 0 Å². The van der Waals surface area contributed by atoms with E-state index in [1.165, 1.54) is 19.3 Å². The topological polar surface area (TPSA) is 41.1 Å². The lowest BCUT2D eigenvalue weighted by atomic mass is 9.73. The summed E-state index contributed by atoms with van der Waals surface area (Å²) in [6.45, 7) is 4.50. The summed E-state index contributed by atoms with van der Waals surface area (Å²) < 4.78 is 0. The highest BCUT2D eigenvalue weighted by atomic mass is 16.1. The van der Waals surface area contributed by atoms with Crippen molar-refractivity contribution in [1.29, 1.82) is 0 Å². The molecular weight excluding hydrogens is 236 g/mol. The first-order valence-corrected chi connectivity index (χ1v) is 7.12. The lowest BCUT2D eigenvalue weighted by Gasteiger charge is -2.39. The summed E-state index contributed by atoms with van der Waals surface area (Å²) in [5, 5.41) is 6.29. The molecule has 1 fully saturated rings. The Morgan fingerprint density at radius 2 is 2.00 bits per heavy atom. The Labute approximate surface area is 115 Å². The van der Waals surface area contributed by atoms with E-state index in [1.54, 1.807) is 0 Å². The van der Waals surface area contributed by atoms with Gasteiger partial charge in [0.1, 0.15) is 0 Å². The van der Waals surface area contributed by atoms with Gasteiger partial charge in [0.15, 0.2) is 0 Å². The van der Waals surface area contributed by atoms with Crippen molar-refractivity contribution >= 4 is 11.6 Å². The van der Waals surface area contributed by atoms with E-state index in [0.29, 0.717) is 0 Å². The minimum absolute atomic E-state index is 0.0323. The molecule has 1 atom stereocenters. The molecule has 0 saturated heterocycles. The molecule has 1 aromatic rings. The third-order valence-corrected chi connectivity index (χ3v) is 4.25. The fraction of sp³-hybridized carbons (Fsp3) is 0.562. The Bertz CT molecular complexity index is 454. The van der Waals surface area contributed by atoms with Crippen LogP contribution in [0.2, 0.25) is 0 Å². The average Bonchev–Trinajstić information content (AvgIpc) is 2.41. The second-order valence-corrected chi connectivity index (χ2v) is 6.06. The number of amides is 1. The first-order chi connectivity index (χ1) is 9.04. The van der Waals surface area contributed by atoms with Crippen molar-refractivity contribution in [2.45, 2.75) is 45.6 Å². The van der Waals surface area contributed by atoms with Crippen molar-refractivity contribution in [3.8, 4) is 0 Å². The Balaban J connectivity index is 2.12. The smallest absolute Gasteiger partial charge is 0.253 e. The number of para-hydroxylation sites is 1. The quantitative estimate of drug-likeness (QED) is 0.874. The minimum Gasteiger partial charge on any atom is -0.387 e. The molecule has 1 aliphatic carbocycles. The van der Waals surface area contributed by atoms with Crippen LogP contribution in [0.5, 0.6) is 0 Å². The molecule has 0 aliphatic heterocycles. The SMILES string of the molecule is CNc1ccccc1C(=O)NC1CCCCC1(C)C. The number of carbonyl (C=O) groups excluding carboxylic acids is 1. The number of carbonyl (C=O) groups is 1. The molecule has 1 amide bonds. The van der Waals surface area contributed by atoms with Crippen LogP contribution in [-0.2, 0) is 0 Å². The van der Waals surface area contributed by atoms with Gasteiger partial charge in [0.2, 0.25) is 0 Å². The standard InChI is InChI=1S/C16H24N2O/c1-16(2)11-7-6-10-14(16)18-15(19)12-8-4-5-9-13(12)17-3/h4-5,8-9,14,17H,6-7,10-11H2,1-3H3,(H,18,19). The van der Waals surface area contributed by atoms with Gasteiger partial charge in [-0.15, -0.1) is 0 Å². The van der Waals surface area contributed by atoms with Gasteiger partial charge in [-0.3, -0.25) is 4.79 Å². The minimum atomic E-state index is 0.0323. The molecule has 1 unspecified atom stereocenters. The van der Waals surface area contributed by atoms with Crippen molar-refractivity contribution in [2.75, 3.05) is 12.4 Å². The van der Waals surface area contributed by atoms with E-state index in [9.17, 15) is 4.79 Å². The number of hydrogen-bond donors (Lipinski definition) is 2. The second kappa shape index (κ2) is 5.64. The zero-order valence-corrected chi connectivity index (χ0v) is 12.1. The number of rotatable bonds is 3. The number of hydrogen-bond acceptors (Lipinski definition) is 2. The van der Waals surface area contributed by atoms with Crippen molar-refractivity contribution in [2.24, 2.45) is 5.41 Å². The molecule has 1 saturated carbocycles. The molecule has 104 valence electrons. The Hall–Kier alpha value is -1.51. The van der Waals surface area contributed by atoms with Gasteiger partial charge in [0.25, 0.3) is 5.91 Å². The van der Waals surface area contributed by atoms with Crippen LogP contribution in [0.3, 0.4) is 0 Å². The fourth-order valence-electron chi connectivity index (χ4n) is 2.90.